The number of nitrogens with one attached hydrogen (secondary N) is 1. The number of anilines is 1. The van der Waals surface area contributed by atoms with Crippen molar-refractivity contribution in [3.8, 4) is 0 Å². The summed E-state index contributed by atoms with van der Waals surface area (Å²) in [6.45, 7) is 11.8. The predicted molar refractivity (Wildman–Crippen MR) is 135 cm³/mol. The molecule has 0 amide bonds. The summed E-state index contributed by atoms with van der Waals surface area (Å²) >= 11 is 0. The van der Waals surface area contributed by atoms with Gasteiger partial charge >= 0.3 is 0 Å². The van der Waals surface area contributed by atoms with Gasteiger partial charge in [0.2, 0.25) is 0 Å². The molecule has 0 saturated heterocycles. The van der Waals surface area contributed by atoms with E-state index in [1.54, 1.807) is 12.3 Å². The van der Waals surface area contributed by atoms with Crippen molar-refractivity contribution in [1.29, 1.82) is 0 Å². The van der Waals surface area contributed by atoms with Gasteiger partial charge in [0.05, 0.1) is 5.70 Å². The molecule has 4 heteroatoms. The fourth-order valence-electron chi connectivity index (χ4n) is 4.31. The maximum atomic E-state index is 4.70. The molecule has 1 aromatic heterocycles. The molecule has 0 atom stereocenters. The lowest BCUT2D eigenvalue weighted by Crippen LogP contribution is -2.06. The Kier molecular flexibility index (Phi) is 7.82. The minimum atomic E-state index is 0.702. The zero-order chi connectivity index (χ0) is 22.2. The number of aromatic nitrogens is 2. The minimum Gasteiger partial charge on any atom is -0.339 e. The molecule has 1 aliphatic carbocycles. The third-order valence-corrected chi connectivity index (χ3v) is 5.91. The molecule has 2 aromatic rings. The van der Waals surface area contributed by atoms with Crippen molar-refractivity contribution in [2.75, 3.05) is 5.32 Å². The van der Waals surface area contributed by atoms with Crippen LogP contribution in [-0.2, 0) is 7.05 Å². The highest BCUT2D eigenvalue weighted by molar-refractivity contribution is 5.85. The summed E-state index contributed by atoms with van der Waals surface area (Å²) in [5.74, 6) is 1.58. The monoisotopic (exact) mass is 414 g/mol. The maximum Gasteiger partial charge on any atom is 0.136 e. The van der Waals surface area contributed by atoms with E-state index < -0.39 is 0 Å². The van der Waals surface area contributed by atoms with Crippen molar-refractivity contribution in [1.82, 2.24) is 9.78 Å². The molecule has 0 unspecified atom stereocenters. The third-order valence-electron chi connectivity index (χ3n) is 5.91. The topological polar surface area (TPSA) is 42.2 Å². The molecular weight excluding hydrogens is 380 g/mol. The first-order valence-electron chi connectivity index (χ1n) is 11.2. The van der Waals surface area contributed by atoms with Gasteiger partial charge in [0.15, 0.2) is 0 Å². The van der Waals surface area contributed by atoms with Crippen LogP contribution in [0.2, 0.25) is 0 Å². The lowest BCUT2D eigenvalue weighted by molar-refractivity contribution is 0.443. The highest BCUT2D eigenvalue weighted by Crippen LogP contribution is 2.34. The number of hydrogen-bond donors (Lipinski definition) is 1. The van der Waals surface area contributed by atoms with Crippen molar-refractivity contribution in [2.45, 2.75) is 51.9 Å². The van der Waals surface area contributed by atoms with Crippen LogP contribution in [0.3, 0.4) is 0 Å². The van der Waals surface area contributed by atoms with E-state index in [0.29, 0.717) is 5.92 Å². The molecule has 0 bridgehead atoms. The Balaban J connectivity index is 1.92. The summed E-state index contributed by atoms with van der Waals surface area (Å²) in [6.07, 6.45) is 16.1. The molecule has 1 heterocycles. The lowest BCUT2D eigenvalue weighted by atomic mass is 9.84. The van der Waals surface area contributed by atoms with E-state index in [4.69, 9.17) is 5.10 Å². The van der Waals surface area contributed by atoms with Crippen molar-refractivity contribution in [2.24, 2.45) is 12.0 Å². The van der Waals surface area contributed by atoms with Crippen LogP contribution >= 0.6 is 0 Å². The van der Waals surface area contributed by atoms with Crippen LogP contribution in [-0.4, -0.2) is 16.0 Å². The van der Waals surface area contributed by atoms with E-state index in [9.17, 15) is 0 Å². The molecule has 1 fully saturated rings. The van der Waals surface area contributed by atoms with Gasteiger partial charge in [-0.25, -0.2) is 0 Å². The Morgan fingerprint density at radius 1 is 1.13 bits per heavy atom. The van der Waals surface area contributed by atoms with Gasteiger partial charge in [0, 0.05) is 24.5 Å². The number of benzene rings is 1. The molecule has 0 aliphatic heterocycles. The molecule has 3 rings (SSSR count). The summed E-state index contributed by atoms with van der Waals surface area (Å²) in [5, 5.41) is 8.27. The molecule has 1 aliphatic rings. The van der Waals surface area contributed by atoms with E-state index >= 15 is 0 Å². The number of allylic oxidation sites excluding steroid dienone is 3. The third kappa shape index (κ3) is 5.13. The van der Waals surface area contributed by atoms with E-state index in [0.717, 1.165) is 34.0 Å². The number of aliphatic imine (C=N–C) groups is 1. The number of rotatable bonds is 8. The summed E-state index contributed by atoms with van der Waals surface area (Å²) in [4.78, 5) is 4.46. The first kappa shape index (κ1) is 22.5. The molecule has 31 heavy (non-hydrogen) atoms. The Morgan fingerprint density at radius 3 is 2.42 bits per heavy atom. The van der Waals surface area contributed by atoms with Gasteiger partial charge in [-0.05, 0) is 49.8 Å². The van der Waals surface area contributed by atoms with Crippen molar-refractivity contribution >= 4 is 29.5 Å². The molecular formula is C27H34N4. The second-order valence-corrected chi connectivity index (χ2v) is 7.90. The zero-order valence-corrected chi connectivity index (χ0v) is 19.1. The van der Waals surface area contributed by atoms with E-state index in [2.05, 4.69) is 47.7 Å². The average Bonchev–Trinajstić information content (AvgIpc) is 3.12. The zero-order valence-electron chi connectivity index (χ0n) is 19.1. The molecule has 1 saturated carbocycles. The molecule has 0 spiro atoms. The summed E-state index contributed by atoms with van der Waals surface area (Å²) in [7, 11) is 1.93. The smallest absolute Gasteiger partial charge is 0.136 e. The Bertz CT molecular complexity index is 997. The van der Waals surface area contributed by atoms with Gasteiger partial charge in [-0.3, -0.25) is 9.67 Å². The van der Waals surface area contributed by atoms with Gasteiger partial charge in [-0.2, -0.15) is 5.10 Å². The van der Waals surface area contributed by atoms with Gasteiger partial charge in [-0.15, -0.1) is 0 Å². The van der Waals surface area contributed by atoms with Crippen molar-refractivity contribution in [3.63, 3.8) is 0 Å². The average molecular weight is 415 g/mol. The molecule has 4 nitrogen and oxygen atoms in total. The number of hydrogen-bond acceptors (Lipinski definition) is 3. The largest absolute Gasteiger partial charge is 0.339 e. The predicted octanol–water partition coefficient (Wildman–Crippen LogP) is 7.20. The van der Waals surface area contributed by atoms with Crippen LogP contribution in [0.1, 0.15) is 74.3 Å². The van der Waals surface area contributed by atoms with Crippen molar-refractivity contribution < 1.29 is 0 Å². The fourth-order valence-corrected chi connectivity index (χ4v) is 4.31. The second-order valence-electron chi connectivity index (χ2n) is 7.90. The van der Waals surface area contributed by atoms with E-state index in [1.807, 2.05) is 43.8 Å². The van der Waals surface area contributed by atoms with Crippen LogP contribution in [0.25, 0.3) is 17.5 Å². The first-order chi connectivity index (χ1) is 15.1. The number of aryl methyl sites for hydroxylation is 1. The standard InChI is InChI=1S/C27H34N4/c1-6-13-25(22-18-16-21(17-19-22)20-14-11-10-12-15-20)29-27-23(7-2)26(30-31(27)5)24(8-3)28-9-4/h6-9,13,16-20,29H,1-2,10-12,14-15H2,3-5H3/b24-8-,25-13-,28-9?. The van der Waals surface area contributed by atoms with Crippen molar-refractivity contribution in [3.05, 3.63) is 78.0 Å². The molecule has 1 aromatic carbocycles. The Labute approximate surface area is 186 Å². The highest BCUT2D eigenvalue weighted by atomic mass is 15.3. The fraction of sp³-hybridized carbons (Fsp3) is 0.333. The minimum absolute atomic E-state index is 0.702. The Hall–Kier alpha value is -3.14. The quantitative estimate of drug-likeness (QED) is 0.366. The van der Waals surface area contributed by atoms with E-state index in [1.165, 1.54) is 37.7 Å². The van der Waals surface area contributed by atoms with Crippen LogP contribution in [0.5, 0.6) is 0 Å². The van der Waals surface area contributed by atoms with Crippen LogP contribution in [0.4, 0.5) is 5.82 Å². The van der Waals surface area contributed by atoms with Crippen LogP contribution in [0.15, 0.2) is 60.6 Å². The SMILES string of the molecule is C=C/C=C(\Nc1c(C=C)c(/C(=C/C)N=CC)nn1C)c1ccc(C2CCCCC2)cc1. The summed E-state index contributed by atoms with van der Waals surface area (Å²) < 4.78 is 1.84. The van der Waals surface area contributed by atoms with E-state index in [-0.39, 0.29) is 0 Å². The second kappa shape index (κ2) is 10.8. The van der Waals surface area contributed by atoms with Gasteiger partial charge in [-0.1, -0.05) is 74.9 Å². The molecule has 1 N–H and O–H groups in total. The molecule has 162 valence electrons. The first-order valence-corrected chi connectivity index (χ1v) is 11.2. The Morgan fingerprint density at radius 2 is 1.84 bits per heavy atom. The maximum absolute atomic E-state index is 4.70. The summed E-state index contributed by atoms with van der Waals surface area (Å²) in [6, 6.07) is 8.97. The normalized spacial score (nSPS) is 16.0. The van der Waals surface area contributed by atoms with Crippen LogP contribution < -0.4 is 5.32 Å². The van der Waals surface area contributed by atoms with Gasteiger partial charge < -0.3 is 5.32 Å². The van der Waals surface area contributed by atoms with Gasteiger partial charge in [0.1, 0.15) is 11.5 Å². The molecule has 0 radical (unpaired) electrons. The highest BCUT2D eigenvalue weighted by Gasteiger charge is 2.19. The number of nitrogens with zero attached hydrogens (tertiary/aromatic N) is 3. The lowest BCUT2D eigenvalue weighted by Gasteiger charge is -2.22. The van der Waals surface area contributed by atoms with Crippen LogP contribution in [0, 0.1) is 0 Å². The summed E-state index contributed by atoms with van der Waals surface area (Å²) in [5.41, 5.74) is 6.11. The van der Waals surface area contributed by atoms with Gasteiger partial charge in [0.25, 0.3) is 0 Å².